The molecule has 1 atom stereocenters. The van der Waals surface area contributed by atoms with Crippen LogP contribution in [0.15, 0.2) is 0 Å². The number of carbonyl (C=O) groups is 2. The SMILES string of the molecule is COCCN(CCC#N)C(=O)N[C@H](CCSC)C(=O)O. The molecule has 7 nitrogen and oxygen atoms in total. The first-order valence-corrected chi connectivity index (χ1v) is 7.59. The second-order valence-corrected chi connectivity index (χ2v) is 5.00. The summed E-state index contributed by atoms with van der Waals surface area (Å²) in [4.78, 5) is 24.5. The Morgan fingerprint density at radius 3 is 2.70 bits per heavy atom. The van der Waals surface area contributed by atoms with Crippen LogP contribution in [-0.2, 0) is 9.53 Å². The first-order valence-electron chi connectivity index (χ1n) is 6.19. The van der Waals surface area contributed by atoms with Crippen molar-refractivity contribution >= 4 is 23.8 Å². The van der Waals surface area contributed by atoms with Gasteiger partial charge >= 0.3 is 12.0 Å². The Bertz CT molecular complexity index is 346. The van der Waals surface area contributed by atoms with E-state index in [0.29, 0.717) is 25.3 Å². The van der Waals surface area contributed by atoms with Crippen molar-refractivity contribution in [1.29, 1.82) is 5.26 Å². The molecule has 0 rings (SSSR count). The van der Waals surface area contributed by atoms with Crippen LogP contribution in [0.25, 0.3) is 0 Å². The van der Waals surface area contributed by atoms with Crippen molar-refractivity contribution in [3.63, 3.8) is 0 Å². The molecule has 20 heavy (non-hydrogen) atoms. The second kappa shape index (κ2) is 11.4. The van der Waals surface area contributed by atoms with E-state index in [9.17, 15) is 9.59 Å². The fraction of sp³-hybridized carbons (Fsp3) is 0.750. The van der Waals surface area contributed by atoms with Gasteiger partial charge in [-0.1, -0.05) is 0 Å². The van der Waals surface area contributed by atoms with Crippen LogP contribution in [0.4, 0.5) is 4.79 Å². The average molecular weight is 303 g/mol. The molecule has 0 aromatic carbocycles. The van der Waals surface area contributed by atoms with E-state index in [0.717, 1.165) is 0 Å². The van der Waals surface area contributed by atoms with Gasteiger partial charge in [0.2, 0.25) is 0 Å². The van der Waals surface area contributed by atoms with Gasteiger partial charge in [-0.05, 0) is 18.4 Å². The molecule has 0 aliphatic carbocycles. The summed E-state index contributed by atoms with van der Waals surface area (Å²) in [7, 11) is 1.51. The highest BCUT2D eigenvalue weighted by molar-refractivity contribution is 7.98. The van der Waals surface area contributed by atoms with Gasteiger partial charge < -0.3 is 20.1 Å². The lowest BCUT2D eigenvalue weighted by Gasteiger charge is -2.24. The molecule has 2 N–H and O–H groups in total. The molecule has 0 saturated carbocycles. The number of aliphatic carboxylic acids is 1. The maximum Gasteiger partial charge on any atom is 0.326 e. The van der Waals surface area contributed by atoms with E-state index in [1.165, 1.54) is 23.8 Å². The van der Waals surface area contributed by atoms with Gasteiger partial charge in [-0.2, -0.15) is 17.0 Å². The number of thioether (sulfide) groups is 1. The zero-order chi connectivity index (χ0) is 15.4. The van der Waals surface area contributed by atoms with Gasteiger partial charge in [-0.25, -0.2) is 9.59 Å². The fourth-order valence-corrected chi connectivity index (χ4v) is 1.91. The first-order chi connectivity index (χ1) is 9.56. The topological polar surface area (TPSA) is 103 Å². The molecule has 0 fully saturated rings. The highest BCUT2D eigenvalue weighted by Gasteiger charge is 2.22. The summed E-state index contributed by atoms with van der Waals surface area (Å²) in [6, 6.07) is 0.562. The van der Waals surface area contributed by atoms with Gasteiger partial charge in [0.15, 0.2) is 0 Å². The van der Waals surface area contributed by atoms with Crippen LogP contribution >= 0.6 is 11.8 Å². The van der Waals surface area contributed by atoms with Crippen molar-refractivity contribution in [3.8, 4) is 6.07 Å². The number of hydrogen-bond donors (Lipinski definition) is 2. The molecule has 8 heteroatoms. The molecule has 0 aliphatic heterocycles. The van der Waals surface area contributed by atoms with E-state index in [1.54, 1.807) is 0 Å². The number of carboxylic acid groups (broad SMARTS) is 1. The molecule has 2 amide bonds. The third-order valence-electron chi connectivity index (χ3n) is 2.55. The van der Waals surface area contributed by atoms with Crippen LogP contribution in [-0.4, -0.2) is 66.9 Å². The zero-order valence-corrected chi connectivity index (χ0v) is 12.6. The highest BCUT2D eigenvalue weighted by atomic mass is 32.2. The van der Waals surface area contributed by atoms with Gasteiger partial charge in [0.05, 0.1) is 19.1 Å². The molecule has 0 radical (unpaired) electrons. The predicted octanol–water partition coefficient (Wildman–Crippen LogP) is 0.764. The van der Waals surface area contributed by atoms with Gasteiger partial charge in [-0.15, -0.1) is 0 Å². The molecule has 0 heterocycles. The molecule has 0 aromatic rings. The summed E-state index contributed by atoms with van der Waals surface area (Å²) < 4.78 is 4.90. The van der Waals surface area contributed by atoms with Gasteiger partial charge in [0, 0.05) is 20.2 Å². The zero-order valence-electron chi connectivity index (χ0n) is 11.8. The monoisotopic (exact) mass is 303 g/mol. The molecule has 0 bridgehead atoms. The van der Waals surface area contributed by atoms with E-state index >= 15 is 0 Å². The predicted molar refractivity (Wildman–Crippen MR) is 76.6 cm³/mol. The minimum atomic E-state index is -1.06. The number of ether oxygens (including phenoxy) is 1. The van der Waals surface area contributed by atoms with Gasteiger partial charge in [0.25, 0.3) is 0 Å². The molecule has 0 saturated heterocycles. The fourth-order valence-electron chi connectivity index (χ4n) is 1.43. The number of nitrogens with one attached hydrogen (secondary N) is 1. The Morgan fingerprint density at radius 2 is 2.20 bits per heavy atom. The standard InChI is InChI=1S/C12H21N3O4S/c1-19-8-7-15(6-3-5-13)12(18)14-10(11(16)17)4-9-20-2/h10H,3-4,6-9H2,1-2H3,(H,14,18)(H,16,17)/t10-/m1/s1. The Morgan fingerprint density at radius 1 is 1.50 bits per heavy atom. The number of methoxy groups -OCH3 is 1. The van der Waals surface area contributed by atoms with Crippen LogP contribution in [0.1, 0.15) is 12.8 Å². The van der Waals surface area contributed by atoms with Crippen molar-refractivity contribution in [2.24, 2.45) is 0 Å². The van der Waals surface area contributed by atoms with Crippen LogP contribution in [0.2, 0.25) is 0 Å². The average Bonchev–Trinajstić information content (AvgIpc) is 2.43. The molecule has 0 aromatic heterocycles. The lowest BCUT2D eigenvalue weighted by atomic mass is 10.2. The Kier molecular flexibility index (Phi) is 10.5. The Balaban J connectivity index is 4.51. The number of carbonyl (C=O) groups excluding carboxylic acids is 1. The van der Waals surface area contributed by atoms with Gasteiger partial charge in [0.1, 0.15) is 6.04 Å². The largest absolute Gasteiger partial charge is 0.480 e. The van der Waals surface area contributed by atoms with Crippen molar-refractivity contribution < 1.29 is 19.4 Å². The third-order valence-corrected chi connectivity index (χ3v) is 3.20. The summed E-state index contributed by atoms with van der Waals surface area (Å²) in [6.07, 6.45) is 2.43. The molecular weight excluding hydrogens is 282 g/mol. The number of carboxylic acids is 1. The number of urea groups is 1. The number of hydrogen-bond acceptors (Lipinski definition) is 5. The summed E-state index contributed by atoms with van der Waals surface area (Å²) in [6.45, 7) is 0.904. The van der Waals surface area contributed by atoms with Crippen LogP contribution in [0.5, 0.6) is 0 Å². The summed E-state index contributed by atoms with van der Waals surface area (Å²) in [5.74, 6) is -0.410. The lowest BCUT2D eigenvalue weighted by Crippen LogP contribution is -2.49. The third kappa shape index (κ3) is 7.86. The lowest BCUT2D eigenvalue weighted by molar-refractivity contribution is -0.139. The minimum Gasteiger partial charge on any atom is -0.480 e. The Hall–Kier alpha value is -1.46. The van der Waals surface area contributed by atoms with E-state index in [-0.39, 0.29) is 13.0 Å². The van der Waals surface area contributed by atoms with E-state index in [4.69, 9.17) is 15.1 Å². The maximum absolute atomic E-state index is 12.0. The van der Waals surface area contributed by atoms with Gasteiger partial charge in [-0.3, -0.25) is 0 Å². The minimum absolute atomic E-state index is 0.194. The summed E-state index contributed by atoms with van der Waals surface area (Å²) in [5.41, 5.74) is 0. The molecule has 0 aliphatic rings. The van der Waals surface area contributed by atoms with Crippen molar-refractivity contribution in [2.75, 3.05) is 38.8 Å². The van der Waals surface area contributed by atoms with Crippen molar-refractivity contribution in [2.45, 2.75) is 18.9 Å². The molecule has 0 unspecified atom stereocenters. The number of rotatable bonds is 10. The Labute approximate surface area is 123 Å². The van der Waals surface area contributed by atoms with Crippen LogP contribution < -0.4 is 5.32 Å². The quantitative estimate of drug-likeness (QED) is 0.618. The number of nitriles is 1. The number of amides is 2. The highest BCUT2D eigenvalue weighted by Crippen LogP contribution is 2.02. The first kappa shape index (κ1) is 18.5. The smallest absolute Gasteiger partial charge is 0.326 e. The van der Waals surface area contributed by atoms with E-state index < -0.39 is 18.0 Å². The van der Waals surface area contributed by atoms with Crippen molar-refractivity contribution in [3.05, 3.63) is 0 Å². The van der Waals surface area contributed by atoms with Crippen LogP contribution in [0, 0.1) is 11.3 Å². The normalized spacial score (nSPS) is 11.4. The van der Waals surface area contributed by atoms with Crippen LogP contribution in [0.3, 0.4) is 0 Å². The van der Waals surface area contributed by atoms with E-state index in [2.05, 4.69) is 5.32 Å². The van der Waals surface area contributed by atoms with Crippen molar-refractivity contribution in [1.82, 2.24) is 10.2 Å². The molecule has 114 valence electrons. The summed E-state index contributed by atoms with van der Waals surface area (Å²) >= 11 is 1.52. The number of nitrogens with zero attached hydrogens (tertiary/aromatic N) is 2. The van der Waals surface area contributed by atoms with E-state index in [1.807, 2.05) is 12.3 Å². The maximum atomic E-state index is 12.0. The second-order valence-electron chi connectivity index (χ2n) is 4.01. The molecule has 0 spiro atoms. The molecular formula is C12H21N3O4S. The summed E-state index contributed by atoms with van der Waals surface area (Å²) in [5, 5.41) is 20.1.